The third kappa shape index (κ3) is 1.66. The average Bonchev–Trinajstić information content (AvgIpc) is 2.79. The molecule has 0 radical (unpaired) electrons. The first-order valence-corrected chi connectivity index (χ1v) is 5.67. The van der Waals surface area contributed by atoms with Crippen molar-refractivity contribution in [3.8, 4) is 11.3 Å². The first kappa shape index (κ1) is 10.6. The molecule has 90 valence electrons. The van der Waals surface area contributed by atoms with E-state index in [0.717, 1.165) is 22.6 Å². The van der Waals surface area contributed by atoms with Crippen molar-refractivity contribution in [3.63, 3.8) is 0 Å². The van der Waals surface area contributed by atoms with Crippen molar-refractivity contribution in [1.29, 1.82) is 0 Å². The highest BCUT2D eigenvalue weighted by atomic mass is 15.3. The van der Waals surface area contributed by atoms with Crippen molar-refractivity contribution < 1.29 is 0 Å². The summed E-state index contributed by atoms with van der Waals surface area (Å²) in [5.41, 5.74) is 9.50. The van der Waals surface area contributed by atoms with Crippen molar-refractivity contribution >= 4 is 17.3 Å². The number of fused-ring (bicyclic) bond motifs is 1. The van der Waals surface area contributed by atoms with E-state index in [1.165, 1.54) is 0 Å². The SMILES string of the molecule is CNc1ccc(-c2cccc3nc(N)nn23)cc1. The highest BCUT2D eigenvalue weighted by Gasteiger charge is 2.06. The Bertz CT molecular complexity index is 684. The molecule has 2 heterocycles. The van der Waals surface area contributed by atoms with Crippen LogP contribution in [0.3, 0.4) is 0 Å². The molecule has 0 bridgehead atoms. The Morgan fingerprint density at radius 2 is 1.89 bits per heavy atom. The number of hydrogen-bond donors (Lipinski definition) is 2. The van der Waals surface area contributed by atoms with Gasteiger partial charge in [-0.05, 0) is 24.3 Å². The van der Waals surface area contributed by atoms with E-state index in [-0.39, 0.29) is 5.95 Å². The van der Waals surface area contributed by atoms with E-state index in [4.69, 9.17) is 5.73 Å². The van der Waals surface area contributed by atoms with Crippen LogP contribution in [0.15, 0.2) is 42.5 Å². The molecule has 0 atom stereocenters. The molecule has 0 fully saturated rings. The molecule has 0 aliphatic heterocycles. The monoisotopic (exact) mass is 239 g/mol. The summed E-state index contributed by atoms with van der Waals surface area (Å²) in [4.78, 5) is 4.15. The van der Waals surface area contributed by atoms with E-state index in [9.17, 15) is 0 Å². The minimum atomic E-state index is 0.286. The number of anilines is 2. The van der Waals surface area contributed by atoms with Gasteiger partial charge in [0.1, 0.15) is 0 Å². The zero-order chi connectivity index (χ0) is 12.5. The second-order valence-electron chi connectivity index (χ2n) is 3.98. The summed E-state index contributed by atoms with van der Waals surface area (Å²) in [7, 11) is 1.90. The molecule has 0 spiro atoms. The summed E-state index contributed by atoms with van der Waals surface area (Å²) >= 11 is 0. The molecule has 18 heavy (non-hydrogen) atoms. The maximum absolute atomic E-state index is 5.63. The molecule has 1 aromatic carbocycles. The maximum Gasteiger partial charge on any atom is 0.240 e. The highest BCUT2D eigenvalue weighted by Crippen LogP contribution is 2.22. The average molecular weight is 239 g/mol. The molecule has 3 aromatic rings. The Labute approximate surface area is 104 Å². The third-order valence-corrected chi connectivity index (χ3v) is 2.85. The van der Waals surface area contributed by atoms with Gasteiger partial charge in [0.05, 0.1) is 5.69 Å². The van der Waals surface area contributed by atoms with Crippen molar-refractivity contribution in [2.45, 2.75) is 0 Å². The van der Waals surface area contributed by atoms with Crippen LogP contribution in [0.25, 0.3) is 16.9 Å². The van der Waals surface area contributed by atoms with Gasteiger partial charge in [-0.25, -0.2) is 4.52 Å². The van der Waals surface area contributed by atoms with Gasteiger partial charge >= 0.3 is 0 Å². The third-order valence-electron chi connectivity index (χ3n) is 2.85. The largest absolute Gasteiger partial charge is 0.388 e. The Kier molecular flexibility index (Phi) is 2.37. The highest BCUT2D eigenvalue weighted by molar-refractivity contribution is 5.65. The van der Waals surface area contributed by atoms with Crippen LogP contribution in [0.5, 0.6) is 0 Å². The van der Waals surface area contributed by atoms with E-state index in [1.54, 1.807) is 4.52 Å². The molecule has 0 aliphatic rings. The van der Waals surface area contributed by atoms with Gasteiger partial charge in [-0.3, -0.25) is 0 Å². The van der Waals surface area contributed by atoms with Crippen LogP contribution >= 0.6 is 0 Å². The van der Waals surface area contributed by atoms with E-state index in [0.29, 0.717) is 0 Å². The first-order chi connectivity index (χ1) is 8.78. The predicted molar refractivity (Wildman–Crippen MR) is 72.4 cm³/mol. The van der Waals surface area contributed by atoms with Crippen LogP contribution in [0.1, 0.15) is 0 Å². The van der Waals surface area contributed by atoms with E-state index in [1.807, 2.05) is 49.5 Å². The molecular weight excluding hydrogens is 226 g/mol. The second-order valence-corrected chi connectivity index (χ2v) is 3.98. The van der Waals surface area contributed by atoms with Gasteiger partial charge in [-0.2, -0.15) is 4.98 Å². The Morgan fingerprint density at radius 3 is 2.61 bits per heavy atom. The Balaban J connectivity index is 2.17. The van der Waals surface area contributed by atoms with Gasteiger partial charge in [0, 0.05) is 18.3 Å². The molecular formula is C13H13N5. The summed E-state index contributed by atoms with van der Waals surface area (Å²) in [5.74, 6) is 0.286. The summed E-state index contributed by atoms with van der Waals surface area (Å²) < 4.78 is 1.75. The first-order valence-electron chi connectivity index (χ1n) is 5.67. The van der Waals surface area contributed by atoms with Gasteiger partial charge in [0.15, 0.2) is 5.65 Å². The van der Waals surface area contributed by atoms with Crippen LogP contribution in [-0.4, -0.2) is 21.6 Å². The fourth-order valence-electron chi connectivity index (χ4n) is 1.95. The lowest BCUT2D eigenvalue weighted by Gasteiger charge is -2.05. The van der Waals surface area contributed by atoms with Crippen LogP contribution in [0.2, 0.25) is 0 Å². The van der Waals surface area contributed by atoms with E-state index in [2.05, 4.69) is 15.4 Å². The molecule has 2 aromatic heterocycles. The van der Waals surface area contributed by atoms with E-state index >= 15 is 0 Å². The number of aromatic nitrogens is 3. The summed E-state index contributed by atoms with van der Waals surface area (Å²) in [6.45, 7) is 0. The molecule has 0 aliphatic carbocycles. The van der Waals surface area contributed by atoms with Crippen LogP contribution in [0, 0.1) is 0 Å². The summed E-state index contributed by atoms with van der Waals surface area (Å²) in [5, 5.41) is 7.29. The number of rotatable bonds is 2. The van der Waals surface area contributed by atoms with Gasteiger partial charge in [-0.1, -0.05) is 18.2 Å². The van der Waals surface area contributed by atoms with Crippen molar-refractivity contribution in [2.75, 3.05) is 18.1 Å². The maximum atomic E-state index is 5.63. The molecule has 0 amide bonds. The molecule has 3 rings (SSSR count). The predicted octanol–water partition coefficient (Wildman–Crippen LogP) is 2.02. The molecule has 0 saturated carbocycles. The number of nitrogens with one attached hydrogen (secondary N) is 1. The number of benzene rings is 1. The van der Waals surface area contributed by atoms with Gasteiger partial charge in [0.2, 0.25) is 5.95 Å². The van der Waals surface area contributed by atoms with Gasteiger partial charge in [0.25, 0.3) is 0 Å². The quantitative estimate of drug-likeness (QED) is 0.718. The smallest absolute Gasteiger partial charge is 0.240 e. The van der Waals surface area contributed by atoms with Crippen LogP contribution in [-0.2, 0) is 0 Å². The lowest BCUT2D eigenvalue weighted by molar-refractivity contribution is 0.976. The summed E-state index contributed by atoms with van der Waals surface area (Å²) in [6.07, 6.45) is 0. The lowest BCUT2D eigenvalue weighted by atomic mass is 10.1. The lowest BCUT2D eigenvalue weighted by Crippen LogP contribution is -1.95. The number of nitrogen functional groups attached to an aromatic ring is 1. The van der Waals surface area contributed by atoms with E-state index < -0.39 is 0 Å². The fourth-order valence-corrected chi connectivity index (χ4v) is 1.95. The zero-order valence-corrected chi connectivity index (χ0v) is 9.96. The number of hydrogen-bond acceptors (Lipinski definition) is 4. The minimum Gasteiger partial charge on any atom is -0.388 e. The molecule has 5 heteroatoms. The van der Waals surface area contributed by atoms with Crippen molar-refractivity contribution in [3.05, 3.63) is 42.5 Å². The minimum absolute atomic E-state index is 0.286. The molecule has 3 N–H and O–H groups in total. The number of pyridine rings is 1. The Hall–Kier alpha value is -2.56. The topological polar surface area (TPSA) is 68.2 Å². The number of nitrogens with two attached hydrogens (primary N) is 1. The molecule has 5 nitrogen and oxygen atoms in total. The second kappa shape index (κ2) is 4.03. The molecule has 0 unspecified atom stereocenters. The fraction of sp³-hybridized carbons (Fsp3) is 0.0769. The van der Waals surface area contributed by atoms with Gasteiger partial charge < -0.3 is 11.1 Å². The zero-order valence-electron chi connectivity index (χ0n) is 9.96. The molecule has 0 saturated heterocycles. The number of nitrogens with zero attached hydrogens (tertiary/aromatic N) is 3. The Morgan fingerprint density at radius 1 is 1.11 bits per heavy atom. The van der Waals surface area contributed by atoms with Crippen LogP contribution in [0.4, 0.5) is 11.6 Å². The standard InChI is InChI=1S/C13H13N5/c1-15-10-7-5-9(6-8-10)11-3-2-4-12-16-13(14)17-18(11)12/h2-8,15H,1H3,(H2,14,17). The van der Waals surface area contributed by atoms with Crippen LogP contribution < -0.4 is 11.1 Å². The normalized spacial score (nSPS) is 10.7. The van der Waals surface area contributed by atoms with Crippen molar-refractivity contribution in [2.24, 2.45) is 0 Å². The van der Waals surface area contributed by atoms with Gasteiger partial charge in [-0.15, -0.1) is 5.10 Å². The summed E-state index contributed by atoms with van der Waals surface area (Å²) in [6, 6.07) is 14.0. The van der Waals surface area contributed by atoms with Crippen molar-refractivity contribution in [1.82, 2.24) is 14.6 Å².